The minimum Gasteiger partial charge on any atom is -0.314 e. The molecule has 0 radical (unpaired) electrons. The van der Waals surface area contributed by atoms with E-state index in [9.17, 15) is 4.79 Å². The van der Waals surface area contributed by atoms with Crippen LogP contribution in [0.1, 0.15) is 66.2 Å². The van der Waals surface area contributed by atoms with Crippen molar-refractivity contribution in [2.24, 2.45) is 52.3 Å². The van der Waals surface area contributed by atoms with Crippen LogP contribution in [0.2, 0.25) is 0 Å². The van der Waals surface area contributed by atoms with Crippen molar-refractivity contribution >= 4 is 6.08 Å². The van der Waals surface area contributed by atoms with Crippen molar-refractivity contribution in [2.45, 2.75) is 77.3 Å². The molecule has 140 valence electrons. The molecule has 4 aliphatic rings. The lowest BCUT2D eigenvalue weighted by Gasteiger charge is -2.66. The Morgan fingerprint density at radius 3 is 2.44 bits per heavy atom. The summed E-state index contributed by atoms with van der Waals surface area (Å²) in [6.07, 6.45) is 9.84. The molecule has 0 aromatic carbocycles. The van der Waals surface area contributed by atoms with Gasteiger partial charge in [-0.25, -0.2) is 4.79 Å². The average molecular weight is 345 g/mol. The van der Waals surface area contributed by atoms with Crippen molar-refractivity contribution in [1.29, 1.82) is 0 Å². The molecule has 3 heteroatoms. The second-order valence-electron chi connectivity index (χ2n) is 10.4. The quantitative estimate of drug-likeness (QED) is 0.595. The predicted octanol–water partition coefficient (Wildman–Crippen LogP) is 4.42. The molecule has 0 heterocycles. The van der Waals surface area contributed by atoms with Crippen molar-refractivity contribution in [1.82, 2.24) is 5.32 Å². The Bertz CT molecular complexity index is 585. The van der Waals surface area contributed by atoms with E-state index >= 15 is 0 Å². The molecule has 10 atom stereocenters. The highest BCUT2D eigenvalue weighted by Gasteiger charge is 2.63. The molecule has 1 N–H and O–H groups in total. The maximum absolute atomic E-state index is 11.2. The van der Waals surface area contributed by atoms with Crippen LogP contribution in [-0.4, -0.2) is 24.2 Å². The second kappa shape index (κ2) is 5.92. The highest BCUT2D eigenvalue weighted by Crippen LogP contribution is 2.65. The molecule has 0 saturated heterocycles. The van der Waals surface area contributed by atoms with Crippen molar-refractivity contribution in [2.75, 3.05) is 7.05 Å². The summed E-state index contributed by atoms with van der Waals surface area (Å²) in [5.74, 6) is 6.05. The van der Waals surface area contributed by atoms with Crippen LogP contribution >= 0.6 is 0 Å². The molecule has 0 bridgehead atoms. The first-order valence-corrected chi connectivity index (χ1v) is 10.6. The van der Waals surface area contributed by atoms with Crippen LogP contribution in [-0.2, 0) is 4.79 Å². The van der Waals surface area contributed by atoms with Crippen LogP contribution < -0.4 is 5.32 Å². The topological polar surface area (TPSA) is 41.5 Å². The van der Waals surface area contributed by atoms with Crippen molar-refractivity contribution in [3.05, 3.63) is 0 Å². The molecular weight excluding hydrogens is 308 g/mol. The summed E-state index contributed by atoms with van der Waals surface area (Å²) >= 11 is 0. The molecule has 10 unspecified atom stereocenters. The molecule has 0 aromatic heterocycles. The fourth-order valence-electron chi connectivity index (χ4n) is 8.16. The smallest absolute Gasteiger partial charge is 0.235 e. The first-order valence-electron chi connectivity index (χ1n) is 10.6. The SMILES string of the molecule is CNC1(C)CCC2C(C)CC3CC(C)C(C)(N=C=O)C4CCC1C2C34. The van der Waals surface area contributed by atoms with Crippen molar-refractivity contribution in [3.63, 3.8) is 0 Å². The Morgan fingerprint density at radius 1 is 1.04 bits per heavy atom. The van der Waals surface area contributed by atoms with E-state index in [1.807, 2.05) is 6.08 Å². The fraction of sp³-hybridized carbons (Fsp3) is 0.955. The third-order valence-electron chi connectivity index (χ3n) is 9.68. The van der Waals surface area contributed by atoms with Crippen molar-refractivity contribution < 1.29 is 4.79 Å². The number of rotatable bonds is 2. The zero-order valence-corrected chi connectivity index (χ0v) is 16.7. The van der Waals surface area contributed by atoms with Gasteiger partial charge in [-0.1, -0.05) is 13.8 Å². The number of hydrogen-bond acceptors (Lipinski definition) is 3. The maximum Gasteiger partial charge on any atom is 0.235 e. The van der Waals surface area contributed by atoms with E-state index in [0.717, 1.165) is 35.5 Å². The minimum atomic E-state index is -0.188. The lowest BCUT2D eigenvalue weighted by molar-refractivity contribution is -0.153. The lowest BCUT2D eigenvalue weighted by Crippen LogP contribution is -2.65. The van der Waals surface area contributed by atoms with Gasteiger partial charge in [0.05, 0.1) is 5.54 Å². The average Bonchev–Trinajstić information content (AvgIpc) is 2.59. The summed E-state index contributed by atoms with van der Waals surface area (Å²) in [5.41, 5.74) is 0.105. The van der Waals surface area contributed by atoms with E-state index in [1.165, 1.54) is 38.5 Å². The number of carbonyl (C=O) groups excluding carboxylic acids is 1. The highest BCUT2D eigenvalue weighted by molar-refractivity contribution is 5.36. The molecular formula is C22H36N2O. The van der Waals surface area contributed by atoms with Gasteiger partial charge in [0.1, 0.15) is 0 Å². The summed E-state index contributed by atoms with van der Waals surface area (Å²) in [5, 5.41) is 3.72. The monoisotopic (exact) mass is 344 g/mol. The summed E-state index contributed by atoms with van der Waals surface area (Å²) < 4.78 is 0. The summed E-state index contributed by atoms with van der Waals surface area (Å²) in [7, 11) is 2.17. The normalized spacial score (nSPS) is 57.3. The zero-order chi connectivity index (χ0) is 18.0. The zero-order valence-electron chi connectivity index (χ0n) is 16.7. The van der Waals surface area contributed by atoms with Gasteiger partial charge in [0.25, 0.3) is 0 Å². The summed E-state index contributed by atoms with van der Waals surface area (Å²) in [6.45, 7) is 9.58. The first-order chi connectivity index (χ1) is 11.9. The van der Waals surface area contributed by atoms with Gasteiger partial charge in [0.2, 0.25) is 6.08 Å². The lowest BCUT2D eigenvalue weighted by atomic mass is 9.40. The Labute approximate surface area is 153 Å². The Morgan fingerprint density at radius 2 is 1.76 bits per heavy atom. The summed E-state index contributed by atoms with van der Waals surface area (Å²) in [4.78, 5) is 15.7. The molecule has 4 saturated carbocycles. The first kappa shape index (κ1) is 17.7. The standard InChI is InChI=1S/C22H36N2O/c1-13-10-15-11-14(2)22(4,24-12-25)18-7-6-17-20(19(15)18)16(13)8-9-21(17,3)23-5/h13-20,23H,6-11H2,1-5H3. The van der Waals surface area contributed by atoms with E-state index in [-0.39, 0.29) is 5.54 Å². The number of aliphatic imine (C=N–C) groups is 1. The molecule has 0 amide bonds. The molecule has 4 rings (SSSR count). The van der Waals surface area contributed by atoms with E-state index in [1.54, 1.807) is 0 Å². The van der Waals surface area contributed by atoms with Gasteiger partial charge in [-0.05, 0) is 107 Å². The van der Waals surface area contributed by atoms with Crippen LogP contribution in [0.5, 0.6) is 0 Å². The minimum absolute atomic E-state index is 0.188. The number of isocyanates is 1. The van der Waals surface area contributed by atoms with Crippen LogP contribution in [0, 0.1) is 47.3 Å². The van der Waals surface area contributed by atoms with Gasteiger partial charge in [0.15, 0.2) is 0 Å². The second-order valence-corrected chi connectivity index (χ2v) is 10.4. The Kier molecular flexibility index (Phi) is 4.20. The predicted molar refractivity (Wildman–Crippen MR) is 101 cm³/mol. The van der Waals surface area contributed by atoms with Gasteiger partial charge < -0.3 is 5.32 Å². The van der Waals surface area contributed by atoms with Crippen LogP contribution in [0.25, 0.3) is 0 Å². The van der Waals surface area contributed by atoms with Gasteiger partial charge in [-0.3, -0.25) is 0 Å². The third-order valence-corrected chi connectivity index (χ3v) is 9.68. The number of nitrogens with zero attached hydrogens (tertiary/aromatic N) is 1. The molecule has 4 aliphatic carbocycles. The molecule has 4 fully saturated rings. The fourth-order valence-corrected chi connectivity index (χ4v) is 8.16. The largest absolute Gasteiger partial charge is 0.314 e. The summed E-state index contributed by atoms with van der Waals surface area (Å²) in [6, 6.07) is 0. The van der Waals surface area contributed by atoms with Gasteiger partial charge in [0, 0.05) is 5.54 Å². The van der Waals surface area contributed by atoms with E-state index in [4.69, 9.17) is 0 Å². The number of hydrogen-bond donors (Lipinski definition) is 1. The Hall–Kier alpha value is -0.660. The molecule has 0 spiro atoms. The Balaban J connectivity index is 1.77. The van der Waals surface area contributed by atoms with Gasteiger partial charge in [-0.2, -0.15) is 4.99 Å². The van der Waals surface area contributed by atoms with Gasteiger partial charge >= 0.3 is 0 Å². The molecule has 3 nitrogen and oxygen atoms in total. The number of nitrogens with one attached hydrogen (secondary N) is 1. The molecule has 0 aliphatic heterocycles. The van der Waals surface area contributed by atoms with Crippen molar-refractivity contribution in [3.8, 4) is 0 Å². The van der Waals surface area contributed by atoms with E-state index in [0.29, 0.717) is 17.4 Å². The third kappa shape index (κ3) is 2.34. The van der Waals surface area contributed by atoms with E-state index < -0.39 is 0 Å². The van der Waals surface area contributed by atoms with Gasteiger partial charge in [-0.15, -0.1) is 0 Å². The van der Waals surface area contributed by atoms with Crippen LogP contribution in [0.4, 0.5) is 0 Å². The molecule has 25 heavy (non-hydrogen) atoms. The van der Waals surface area contributed by atoms with Crippen LogP contribution in [0.15, 0.2) is 4.99 Å². The van der Waals surface area contributed by atoms with Crippen LogP contribution in [0.3, 0.4) is 0 Å². The molecule has 0 aromatic rings. The van der Waals surface area contributed by atoms with E-state index in [2.05, 4.69) is 45.1 Å². The maximum atomic E-state index is 11.2. The highest BCUT2D eigenvalue weighted by atomic mass is 16.1.